The Kier molecular flexibility index (Phi) is 4.27. The van der Waals surface area contributed by atoms with Crippen molar-refractivity contribution >= 4 is 10.0 Å². The second kappa shape index (κ2) is 5.60. The molecule has 2 heterocycles. The fourth-order valence-electron chi connectivity index (χ4n) is 2.55. The third-order valence-electron chi connectivity index (χ3n) is 3.64. The Morgan fingerprint density at radius 1 is 1.37 bits per heavy atom. The molecule has 1 fully saturated rings. The van der Waals surface area contributed by atoms with Crippen LogP contribution < -0.4 is 4.72 Å². The van der Waals surface area contributed by atoms with E-state index in [2.05, 4.69) is 14.9 Å². The van der Waals surface area contributed by atoms with Crippen molar-refractivity contribution in [3.63, 3.8) is 0 Å². The first-order chi connectivity index (χ1) is 8.92. The Labute approximate surface area is 114 Å². The van der Waals surface area contributed by atoms with Gasteiger partial charge < -0.3 is 4.74 Å². The van der Waals surface area contributed by atoms with Crippen LogP contribution in [0.3, 0.4) is 0 Å². The van der Waals surface area contributed by atoms with Crippen molar-refractivity contribution in [2.24, 2.45) is 5.92 Å². The van der Waals surface area contributed by atoms with Crippen LogP contribution in [0, 0.1) is 19.8 Å². The molecule has 108 valence electrons. The summed E-state index contributed by atoms with van der Waals surface area (Å²) >= 11 is 0. The summed E-state index contributed by atoms with van der Waals surface area (Å²) < 4.78 is 32.8. The second-order valence-electron chi connectivity index (χ2n) is 5.12. The highest BCUT2D eigenvalue weighted by Gasteiger charge is 2.28. The molecule has 0 aromatic carbocycles. The maximum Gasteiger partial charge on any atom is 0.244 e. The molecule has 0 spiro atoms. The van der Waals surface area contributed by atoms with Crippen LogP contribution in [-0.4, -0.2) is 37.9 Å². The van der Waals surface area contributed by atoms with E-state index in [0.717, 1.165) is 12.8 Å². The minimum Gasteiger partial charge on any atom is -0.381 e. The van der Waals surface area contributed by atoms with Gasteiger partial charge in [-0.25, -0.2) is 13.1 Å². The molecule has 0 radical (unpaired) electrons. The highest BCUT2D eigenvalue weighted by atomic mass is 32.2. The standard InChI is InChI=1S/C12H21N3O3S/c1-8(11-4-6-18-7-5-11)15-19(16,17)12-9(2)13-14-10(12)3/h8,11,15H,4-7H2,1-3H3,(H,13,14). The maximum absolute atomic E-state index is 12.4. The zero-order valence-corrected chi connectivity index (χ0v) is 12.4. The number of hydrogen-bond donors (Lipinski definition) is 2. The van der Waals surface area contributed by atoms with E-state index in [1.807, 2.05) is 6.92 Å². The predicted octanol–water partition coefficient (Wildman–Crippen LogP) is 1.12. The first kappa shape index (κ1) is 14.5. The van der Waals surface area contributed by atoms with E-state index in [-0.39, 0.29) is 10.9 Å². The van der Waals surface area contributed by atoms with Crippen molar-refractivity contribution in [2.75, 3.05) is 13.2 Å². The molecule has 19 heavy (non-hydrogen) atoms. The molecule has 0 saturated carbocycles. The van der Waals surface area contributed by atoms with Crippen LogP contribution in [0.15, 0.2) is 4.90 Å². The molecular formula is C12H21N3O3S. The summed E-state index contributed by atoms with van der Waals surface area (Å²) in [4.78, 5) is 0.270. The number of aryl methyl sites for hydroxylation is 2. The molecule has 0 amide bonds. The lowest BCUT2D eigenvalue weighted by Crippen LogP contribution is -2.40. The van der Waals surface area contributed by atoms with Crippen molar-refractivity contribution < 1.29 is 13.2 Å². The summed E-state index contributed by atoms with van der Waals surface area (Å²) in [5.41, 5.74) is 1.08. The SMILES string of the molecule is Cc1n[nH]c(C)c1S(=O)(=O)NC(C)C1CCOCC1. The quantitative estimate of drug-likeness (QED) is 0.869. The first-order valence-electron chi connectivity index (χ1n) is 6.53. The Balaban J connectivity index is 2.13. The van der Waals surface area contributed by atoms with Gasteiger partial charge in [-0.15, -0.1) is 0 Å². The summed E-state index contributed by atoms with van der Waals surface area (Å²) in [5.74, 6) is 0.330. The molecule has 1 aromatic rings. The van der Waals surface area contributed by atoms with E-state index in [4.69, 9.17) is 4.74 Å². The molecule has 2 rings (SSSR count). The molecule has 1 atom stereocenters. The van der Waals surface area contributed by atoms with Gasteiger partial charge in [0, 0.05) is 19.3 Å². The number of H-pyrrole nitrogens is 1. The lowest BCUT2D eigenvalue weighted by molar-refractivity contribution is 0.0585. The van der Waals surface area contributed by atoms with Crippen LogP contribution in [0.1, 0.15) is 31.2 Å². The Morgan fingerprint density at radius 3 is 2.53 bits per heavy atom. The molecule has 1 aliphatic heterocycles. The van der Waals surface area contributed by atoms with Gasteiger partial charge in [0.25, 0.3) is 0 Å². The fourth-order valence-corrected chi connectivity index (χ4v) is 4.24. The smallest absolute Gasteiger partial charge is 0.244 e. The lowest BCUT2D eigenvalue weighted by atomic mass is 9.94. The number of aromatic amines is 1. The summed E-state index contributed by atoms with van der Waals surface area (Å²) in [7, 11) is -3.51. The predicted molar refractivity (Wildman–Crippen MR) is 71.4 cm³/mol. The first-order valence-corrected chi connectivity index (χ1v) is 8.02. The molecule has 7 heteroatoms. The molecule has 0 bridgehead atoms. The van der Waals surface area contributed by atoms with Gasteiger partial charge in [0.1, 0.15) is 4.90 Å². The van der Waals surface area contributed by atoms with Crippen LogP contribution in [-0.2, 0) is 14.8 Å². The molecular weight excluding hydrogens is 266 g/mol. The zero-order valence-electron chi connectivity index (χ0n) is 11.6. The molecule has 6 nitrogen and oxygen atoms in total. The monoisotopic (exact) mass is 287 g/mol. The van der Waals surface area contributed by atoms with Gasteiger partial charge in [-0.1, -0.05) is 0 Å². The lowest BCUT2D eigenvalue weighted by Gasteiger charge is -2.28. The number of ether oxygens (including phenoxy) is 1. The van der Waals surface area contributed by atoms with Crippen LogP contribution >= 0.6 is 0 Å². The van der Waals surface area contributed by atoms with Crippen molar-refractivity contribution in [1.82, 2.24) is 14.9 Å². The summed E-state index contributed by atoms with van der Waals surface area (Å²) in [6.07, 6.45) is 1.79. The van der Waals surface area contributed by atoms with E-state index >= 15 is 0 Å². The van der Waals surface area contributed by atoms with E-state index in [1.165, 1.54) is 0 Å². The number of sulfonamides is 1. The third-order valence-corrected chi connectivity index (χ3v) is 5.46. The summed E-state index contributed by atoms with van der Waals surface area (Å²) in [6.45, 7) is 6.74. The average Bonchev–Trinajstić information content (AvgIpc) is 2.70. The molecule has 1 saturated heterocycles. The van der Waals surface area contributed by atoms with Gasteiger partial charge in [0.15, 0.2) is 0 Å². The molecule has 1 aromatic heterocycles. The largest absolute Gasteiger partial charge is 0.381 e. The van der Waals surface area contributed by atoms with E-state index < -0.39 is 10.0 Å². The van der Waals surface area contributed by atoms with Gasteiger partial charge in [0.2, 0.25) is 10.0 Å². The van der Waals surface area contributed by atoms with Crippen molar-refractivity contribution in [3.05, 3.63) is 11.4 Å². The van der Waals surface area contributed by atoms with Crippen molar-refractivity contribution in [2.45, 2.75) is 44.6 Å². The van der Waals surface area contributed by atoms with Gasteiger partial charge in [-0.3, -0.25) is 5.10 Å². The van der Waals surface area contributed by atoms with Gasteiger partial charge in [0.05, 0.1) is 11.4 Å². The number of hydrogen-bond acceptors (Lipinski definition) is 4. The Morgan fingerprint density at radius 2 is 2.00 bits per heavy atom. The molecule has 0 aliphatic carbocycles. The third kappa shape index (κ3) is 3.16. The summed E-state index contributed by atoms with van der Waals surface area (Å²) in [5, 5.41) is 6.64. The van der Waals surface area contributed by atoms with Gasteiger partial charge in [-0.05, 0) is 39.5 Å². The van der Waals surface area contributed by atoms with Gasteiger partial charge >= 0.3 is 0 Å². The Hall–Kier alpha value is -0.920. The van der Waals surface area contributed by atoms with E-state index in [1.54, 1.807) is 13.8 Å². The molecule has 1 aliphatic rings. The van der Waals surface area contributed by atoms with Crippen molar-refractivity contribution in [1.29, 1.82) is 0 Å². The number of nitrogens with one attached hydrogen (secondary N) is 2. The average molecular weight is 287 g/mol. The summed E-state index contributed by atoms with van der Waals surface area (Å²) in [6, 6.07) is -0.0948. The van der Waals surface area contributed by atoms with Crippen molar-refractivity contribution in [3.8, 4) is 0 Å². The molecule has 1 unspecified atom stereocenters. The number of aromatic nitrogens is 2. The number of nitrogens with zero attached hydrogens (tertiary/aromatic N) is 1. The second-order valence-corrected chi connectivity index (χ2v) is 6.77. The minimum absolute atomic E-state index is 0.0948. The van der Waals surface area contributed by atoms with Crippen LogP contribution in [0.2, 0.25) is 0 Å². The van der Waals surface area contributed by atoms with Gasteiger partial charge in [-0.2, -0.15) is 5.10 Å². The number of rotatable bonds is 4. The highest BCUT2D eigenvalue weighted by Crippen LogP contribution is 2.22. The Bertz CT molecular complexity index is 513. The van der Waals surface area contributed by atoms with Crippen LogP contribution in [0.25, 0.3) is 0 Å². The van der Waals surface area contributed by atoms with Crippen LogP contribution in [0.5, 0.6) is 0 Å². The fraction of sp³-hybridized carbons (Fsp3) is 0.750. The van der Waals surface area contributed by atoms with E-state index in [0.29, 0.717) is 30.5 Å². The topological polar surface area (TPSA) is 84.1 Å². The molecule has 2 N–H and O–H groups in total. The highest BCUT2D eigenvalue weighted by molar-refractivity contribution is 7.89. The minimum atomic E-state index is -3.51. The van der Waals surface area contributed by atoms with Crippen LogP contribution in [0.4, 0.5) is 0 Å². The normalized spacial score (nSPS) is 19.5. The maximum atomic E-state index is 12.4. The zero-order chi connectivity index (χ0) is 14.0. The van der Waals surface area contributed by atoms with E-state index in [9.17, 15) is 8.42 Å².